The molecule has 0 radical (unpaired) electrons. The Morgan fingerprint density at radius 3 is 1.55 bits per heavy atom. The van der Waals surface area contributed by atoms with E-state index in [1.54, 1.807) is 12.4 Å². The summed E-state index contributed by atoms with van der Waals surface area (Å²) in [4.78, 5) is 13.7. The average Bonchev–Trinajstić information content (AvgIpc) is 3.54. The first kappa shape index (κ1) is 22.2. The molecule has 0 spiro atoms. The molecule has 0 aliphatic carbocycles. The number of pyridine rings is 3. The summed E-state index contributed by atoms with van der Waals surface area (Å²) in [6.45, 7) is 0. The number of hydrogen-bond donors (Lipinski definition) is 0. The summed E-state index contributed by atoms with van der Waals surface area (Å²) in [5.74, 6) is 0. The highest BCUT2D eigenvalue weighted by Gasteiger charge is 2.22. The Morgan fingerprint density at radius 2 is 1.02 bits per heavy atom. The third-order valence-corrected chi connectivity index (χ3v) is 7.56. The predicted molar refractivity (Wildman–Crippen MR) is 159 cm³/mol. The standard InChI is InChI=1S/C34H20N6/c35-21-26-31(39-27-9-3-1-7-24(27)33-29(39)11-5-15-37-33)19-23(22-13-17-36-18-14-22)20-32(26)40-28-10-4-2-8-25(28)34-30(40)12-6-16-38-34/h1-20H. The minimum absolute atomic E-state index is 0.566. The molecule has 6 heteroatoms. The quantitative estimate of drug-likeness (QED) is 0.244. The zero-order chi connectivity index (χ0) is 26.6. The van der Waals surface area contributed by atoms with Crippen LogP contribution in [0.3, 0.4) is 0 Å². The van der Waals surface area contributed by atoms with E-state index in [0.717, 1.165) is 66.4 Å². The number of hydrogen-bond acceptors (Lipinski definition) is 4. The maximum absolute atomic E-state index is 10.8. The lowest BCUT2D eigenvalue weighted by Gasteiger charge is -2.18. The fraction of sp³-hybridized carbons (Fsp3) is 0. The van der Waals surface area contributed by atoms with Crippen molar-refractivity contribution in [1.29, 1.82) is 5.26 Å². The molecule has 0 saturated heterocycles. The van der Waals surface area contributed by atoms with Gasteiger partial charge in [0, 0.05) is 35.6 Å². The van der Waals surface area contributed by atoms with Gasteiger partial charge in [0.25, 0.3) is 0 Å². The summed E-state index contributed by atoms with van der Waals surface area (Å²) in [5.41, 5.74) is 9.83. The van der Waals surface area contributed by atoms with Gasteiger partial charge in [0.2, 0.25) is 0 Å². The predicted octanol–water partition coefficient (Wildman–Crippen LogP) is 7.60. The lowest BCUT2D eigenvalue weighted by Crippen LogP contribution is -2.05. The van der Waals surface area contributed by atoms with Gasteiger partial charge in [0.1, 0.15) is 11.6 Å². The minimum atomic E-state index is 0.566. The number of fused-ring (bicyclic) bond motifs is 6. The van der Waals surface area contributed by atoms with Crippen LogP contribution in [0.5, 0.6) is 0 Å². The van der Waals surface area contributed by atoms with Crippen LogP contribution in [-0.2, 0) is 0 Å². The lowest BCUT2D eigenvalue weighted by molar-refractivity contribution is 1.11. The summed E-state index contributed by atoms with van der Waals surface area (Å²) >= 11 is 0. The summed E-state index contributed by atoms with van der Waals surface area (Å²) in [6.07, 6.45) is 7.21. The van der Waals surface area contributed by atoms with E-state index >= 15 is 0 Å². The van der Waals surface area contributed by atoms with Crippen molar-refractivity contribution in [3.05, 3.63) is 127 Å². The molecular formula is C34H20N6. The molecule has 0 saturated carbocycles. The van der Waals surface area contributed by atoms with Gasteiger partial charge in [-0.05, 0) is 71.8 Å². The van der Waals surface area contributed by atoms with Crippen LogP contribution < -0.4 is 0 Å². The SMILES string of the molecule is N#Cc1c(-n2c3ccccc3c3ncccc32)cc(-c2ccncc2)cc1-n1c2ccccc2c2ncccc21. The van der Waals surface area contributed by atoms with Crippen molar-refractivity contribution in [1.82, 2.24) is 24.1 Å². The molecular weight excluding hydrogens is 492 g/mol. The van der Waals surface area contributed by atoms with E-state index in [1.807, 2.05) is 60.9 Å². The molecule has 0 aliphatic rings. The van der Waals surface area contributed by atoms with Crippen LogP contribution in [0.15, 0.2) is 122 Å². The number of aromatic nitrogens is 5. The smallest absolute Gasteiger partial charge is 0.104 e. The van der Waals surface area contributed by atoms with Crippen molar-refractivity contribution in [2.24, 2.45) is 0 Å². The Balaban J connectivity index is 1.57. The third kappa shape index (κ3) is 3.12. The monoisotopic (exact) mass is 512 g/mol. The third-order valence-electron chi connectivity index (χ3n) is 7.56. The normalized spacial score (nSPS) is 11.5. The van der Waals surface area contributed by atoms with Crippen molar-refractivity contribution >= 4 is 43.9 Å². The summed E-state index contributed by atoms with van der Waals surface area (Å²) < 4.78 is 4.33. The second kappa shape index (κ2) is 8.62. The van der Waals surface area contributed by atoms with Crippen LogP contribution in [0.1, 0.15) is 5.56 Å². The first-order chi connectivity index (χ1) is 19.8. The zero-order valence-corrected chi connectivity index (χ0v) is 21.2. The maximum atomic E-state index is 10.8. The van der Waals surface area contributed by atoms with Gasteiger partial charge in [-0.2, -0.15) is 5.26 Å². The summed E-state index contributed by atoms with van der Waals surface area (Å²) in [7, 11) is 0. The molecule has 8 aromatic rings. The molecule has 0 amide bonds. The first-order valence-corrected chi connectivity index (χ1v) is 13.0. The molecule has 0 N–H and O–H groups in total. The Hall–Kier alpha value is -5.80. The second-order valence-corrected chi connectivity index (χ2v) is 9.68. The average molecular weight is 513 g/mol. The number of rotatable bonds is 3. The molecule has 6 nitrogen and oxygen atoms in total. The van der Waals surface area contributed by atoms with E-state index in [4.69, 9.17) is 9.97 Å². The molecule has 3 aromatic carbocycles. The largest absolute Gasteiger partial charge is 0.306 e. The summed E-state index contributed by atoms with van der Waals surface area (Å²) in [5, 5.41) is 12.9. The van der Waals surface area contributed by atoms with Gasteiger partial charge >= 0.3 is 0 Å². The molecule has 0 aliphatic heterocycles. The van der Waals surface area contributed by atoms with Crippen LogP contribution in [0.2, 0.25) is 0 Å². The van der Waals surface area contributed by atoms with Gasteiger partial charge in [-0.25, -0.2) is 0 Å². The van der Waals surface area contributed by atoms with E-state index in [-0.39, 0.29) is 0 Å². The molecule has 0 atom stereocenters. The highest BCUT2D eigenvalue weighted by atomic mass is 15.0. The Labute approximate surface area is 229 Å². The van der Waals surface area contributed by atoms with Crippen molar-refractivity contribution < 1.29 is 0 Å². The molecule has 5 heterocycles. The van der Waals surface area contributed by atoms with E-state index in [0.29, 0.717) is 5.56 Å². The van der Waals surface area contributed by atoms with Gasteiger partial charge in [-0.1, -0.05) is 36.4 Å². The van der Waals surface area contributed by atoms with Gasteiger partial charge in [0.05, 0.1) is 44.5 Å². The van der Waals surface area contributed by atoms with Crippen molar-refractivity contribution in [2.75, 3.05) is 0 Å². The first-order valence-electron chi connectivity index (χ1n) is 13.0. The highest BCUT2D eigenvalue weighted by molar-refractivity contribution is 6.09. The van der Waals surface area contributed by atoms with E-state index in [1.165, 1.54) is 0 Å². The van der Waals surface area contributed by atoms with Gasteiger partial charge < -0.3 is 9.13 Å². The number of para-hydroxylation sites is 2. The molecule has 40 heavy (non-hydrogen) atoms. The van der Waals surface area contributed by atoms with E-state index in [9.17, 15) is 5.26 Å². The molecule has 186 valence electrons. The Bertz CT molecular complexity index is 2040. The lowest BCUT2D eigenvalue weighted by atomic mass is 10.0. The highest BCUT2D eigenvalue weighted by Crippen LogP contribution is 2.39. The van der Waals surface area contributed by atoms with Crippen LogP contribution in [-0.4, -0.2) is 24.1 Å². The number of nitriles is 1. The zero-order valence-electron chi connectivity index (χ0n) is 21.2. The van der Waals surface area contributed by atoms with Crippen molar-refractivity contribution in [3.8, 4) is 28.6 Å². The Kier molecular flexibility index (Phi) is 4.78. The molecule has 0 unspecified atom stereocenters. The molecule has 0 fully saturated rings. The minimum Gasteiger partial charge on any atom is -0.306 e. The van der Waals surface area contributed by atoms with Crippen LogP contribution in [0, 0.1) is 11.3 Å². The van der Waals surface area contributed by atoms with Crippen molar-refractivity contribution in [2.45, 2.75) is 0 Å². The topological polar surface area (TPSA) is 72.3 Å². The molecule has 5 aromatic heterocycles. The molecule has 0 bridgehead atoms. The van der Waals surface area contributed by atoms with Crippen LogP contribution >= 0.6 is 0 Å². The van der Waals surface area contributed by atoms with Gasteiger partial charge in [-0.3, -0.25) is 15.0 Å². The van der Waals surface area contributed by atoms with Gasteiger partial charge in [0.15, 0.2) is 0 Å². The number of benzene rings is 3. The van der Waals surface area contributed by atoms with Crippen LogP contribution in [0.4, 0.5) is 0 Å². The maximum Gasteiger partial charge on any atom is 0.104 e. The summed E-state index contributed by atoms with van der Waals surface area (Å²) in [6, 6.07) is 35.2. The Morgan fingerprint density at radius 1 is 0.525 bits per heavy atom. The fourth-order valence-electron chi connectivity index (χ4n) is 5.88. The van der Waals surface area contributed by atoms with Crippen molar-refractivity contribution in [3.63, 3.8) is 0 Å². The number of nitrogens with zero attached hydrogens (tertiary/aromatic N) is 6. The van der Waals surface area contributed by atoms with E-state index in [2.05, 4.69) is 68.7 Å². The van der Waals surface area contributed by atoms with E-state index < -0.39 is 0 Å². The van der Waals surface area contributed by atoms with Gasteiger partial charge in [-0.15, -0.1) is 0 Å². The second-order valence-electron chi connectivity index (χ2n) is 9.68. The van der Waals surface area contributed by atoms with Crippen LogP contribution in [0.25, 0.3) is 66.4 Å². The fourth-order valence-corrected chi connectivity index (χ4v) is 5.88. The molecule has 8 rings (SSSR count).